The van der Waals surface area contributed by atoms with E-state index in [2.05, 4.69) is 28.7 Å². The maximum atomic E-state index is 9.75. The number of nitrogens with zero attached hydrogens (tertiary/aromatic N) is 6. The van der Waals surface area contributed by atoms with Gasteiger partial charge in [-0.05, 0) is 116 Å². The van der Waals surface area contributed by atoms with Crippen molar-refractivity contribution in [1.29, 1.82) is 0 Å². The molecule has 0 aromatic carbocycles. The molecule has 232 valence electrons. The molecule has 6 aliphatic rings. The minimum Gasteiger partial charge on any atom is -0.418 e. The number of halogens is 4. The summed E-state index contributed by atoms with van der Waals surface area (Å²) in [6, 6.07) is 1.98. The minimum absolute atomic E-state index is 0.660. The van der Waals surface area contributed by atoms with Gasteiger partial charge in [0.05, 0.1) is 0 Å². The molecule has 2 N–H and O–H groups in total. The van der Waals surface area contributed by atoms with Crippen LogP contribution in [0.4, 0.5) is 17.3 Å². The summed E-state index contributed by atoms with van der Waals surface area (Å²) in [5.74, 6) is 0. The molecule has 0 saturated carbocycles. The molecule has 0 unspecified atom stereocenters. The Morgan fingerprint density at radius 2 is 0.725 bits per heavy atom. The lowest BCUT2D eigenvalue weighted by Crippen LogP contribution is -2.59. The zero-order valence-corrected chi connectivity index (χ0v) is 25.4. The maximum Gasteiger partial charge on any atom is 0.673 e. The molecule has 6 saturated heterocycles. The van der Waals surface area contributed by atoms with Crippen LogP contribution in [0.25, 0.3) is 0 Å². The van der Waals surface area contributed by atoms with Gasteiger partial charge >= 0.3 is 14.8 Å². The second kappa shape index (κ2) is 14.0. The van der Waals surface area contributed by atoms with E-state index in [0.717, 1.165) is 0 Å². The van der Waals surface area contributed by atoms with Crippen molar-refractivity contribution in [3.63, 3.8) is 0 Å². The van der Waals surface area contributed by atoms with Gasteiger partial charge in [-0.25, -0.2) is 19.2 Å². The first-order chi connectivity index (χ1) is 19.2. The van der Waals surface area contributed by atoms with Crippen molar-refractivity contribution in [3.8, 4) is 0 Å². The summed E-state index contributed by atoms with van der Waals surface area (Å²) in [5, 5.41) is 8.04. The molecule has 0 radical (unpaired) electrons. The molecule has 6 aliphatic heterocycles. The van der Waals surface area contributed by atoms with E-state index in [1.165, 1.54) is 156 Å². The molecule has 6 rings (SSSR count). The quantitative estimate of drug-likeness (QED) is 0.250. The third-order valence-electron chi connectivity index (χ3n) is 10.2. The Labute approximate surface area is 239 Å². The van der Waals surface area contributed by atoms with Crippen molar-refractivity contribution in [2.75, 3.05) is 78.5 Å². The lowest BCUT2D eigenvalue weighted by atomic mass is 10.2. The smallest absolute Gasteiger partial charge is 0.418 e. The first-order valence-corrected chi connectivity index (χ1v) is 18.0. The Kier molecular flexibility index (Phi) is 11.0. The molecule has 0 aromatic heterocycles. The standard InChI is InChI=1S/C27H52N7P.BF4/c28-35(32-19-7-10-25(32)22-29-13-1-2-14-29,33-20-8-11-26(33)23-30-15-3-4-16-30)34-21-9-12-27(34)24-31-17-5-6-18-31;2-1(3,4)5/h25-28H,1-24H2;/q;-1/p+1/t25-,26-,27-;/m0./s1. The van der Waals surface area contributed by atoms with Crippen molar-refractivity contribution < 1.29 is 22.4 Å². The molecule has 6 fully saturated rings. The molecule has 0 bridgehead atoms. The Hall–Kier alpha value is -0.225. The number of likely N-dealkylation sites (tertiary alicyclic amines) is 3. The van der Waals surface area contributed by atoms with Crippen LogP contribution in [-0.2, 0) is 0 Å². The summed E-state index contributed by atoms with van der Waals surface area (Å²) in [7, 11) is -8.03. The van der Waals surface area contributed by atoms with Crippen LogP contribution in [0.2, 0.25) is 0 Å². The van der Waals surface area contributed by atoms with E-state index < -0.39 is 14.8 Å². The van der Waals surface area contributed by atoms with Crippen molar-refractivity contribution >= 4 is 14.8 Å². The van der Waals surface area contributed by atoms with Gasteiger partial charge < -0.3 is 32.0 Å². The fourth-order valence-electron chi connectivity index (χ4n) is 8.41. The molecule has 40 heavy (non-hydrogen) atoms. The van der Waals surface area contributed by atoms with Gasteiger partial charge in [-0.15, -0.1) is 0 Å². The van der Waals surface area contributed by atoms with Gasteiger partial charge in [0.25, 0.3) is 0 Å². The summed E-state index contributed by atoms with van der Waals surface area (Å²) in [6.45, 7) is 15.3. The summed E-state index contributed by atoms with van der Waals surface area (Å²) < 4.78 is 47.8. The average Bonchev–Trinajstić information content (AvgIpc) is 3.74. The Balaban J connectivity index is 0.000000595. The lowest BCUT2D eigenvalue weighted by Gasteiger charge is -2.46. The number of nitrogens with two attached hydrogens (primary N) is 1. The van der Waals surface area contributed by atoms with E-state index in [4.69, 9.17) is 5.16 Å². The highest BCUT2D eigenvalue weighted by atomic mass is 31.2. The molecule has 7 nitrogen and oxygen atoms in total. The fraction of sp³-hybridized carbons (Fsp3) is 1.00. The van der Waals surface area contributed by atoms with Crippen LogP contribution in [0.1, 0.15) is 77.0 Å². The van der Waals surface area contributed by atoms with Gasteiger partial charge in [-0.1, -0.05) is 0 Å². The Bertz CT molecular complexity index is 735. The molecular formula is C27H53BF4N7P. The lowest BCUT2D eigenvalue weighted by molar-refractivity contribution is -0.116. The highest BCUT2D eigenvalue weighted by Crippen LogP contribution is 2.61. The summed E-state index contributed by atoms with van der Waals surface area (Å²) in [6.07, 6.45) is 16.4. The third-order valence-corrected chi connectivity index (χ3v) is 14.0. The van der Waals surface area contributed by atoms with Crippen LogP contribution >= 0.6 is 7.51 Å². The van der Waals surface area contributed by atoms with E-state index in [1.54, 1.807) is 0 Å². The molecule has 13 heteroatoms. The zero-order valence-electron chi connectivity index (χ0n) is 24.5. The van der Waals surface area contributed by atoms with Crippen LogP contribution in [0, 0.1) is 0 Å². The molecule has 0 spiro atoms. The largest absolute Gasteiger partial charge is 0.673 e. The van der Waals surface area contributed by atoms with Gasteiger partial charge in [0, 0.05) is 57.4 Å². The summed E-state index contributed by atoms with van der Waals surface area (Å²) in [4.78, 5) is 8.26. The normalized spacial score (nSPS) is 32.5. The predicted octanol–water partition coefficient (Wildman–Crippen LogP) is 3.67. The first-order valence-electron chi connectivity index (χ1n) is 16.2. The van der Waals surface area contributed by atoms with Crippen LogP contribution in [0.5, 0.6) is 0 Å². The molecule has 6 heterocycles. The summed E-state index contributed by atoms with van der Waals surface area (Å²) in [5.41, 5.74) is 0. The Morgan fingerprint density at radius 1 is 0.475 bits per heavy atom. The predicted molar refractivity (Wildman–Crippen MR) is 155 cm³/mol. The Morgan fingerprint density at radius 3 is 0.975 bits per heavy atom. The topological polar surface area (TPSA) is 45.0 Å². The highest BCUT2D eigenvalue weighted by molar-refractivity contribution is 7.56. The SMILES string of the molecule is F[B-](F)(F)F.[NH2+]=P(N1CCC[C@H]1CN1CCCC1)(N1CCC[C@H]1CN1CCCC1)N1CCC[C@H]1CN1CCCC1. The van der Waals surface area contributed by atoms with E-state index in [0.29, 0.717) is 18.1 Å². The second-order valence-electron chi connectivity index (χ2n) is 13.0. The monoisotopic (exact) mass is 593 g/mol. The van der Waals surface area contributed by atoms with E-state index in [-0.39, 0.29) is 0 Å². The fourth-order valence-corrected chi connectivity index (χ4v) is 12.6. The van der Waals surface area contributed by atoms with Gasteiger partial charge in [0.1, 0.15) is 0 Å². The summed E-state index contributed by atoms with van der Waals surface area (Å²) >= 11 is 0. The van der Waals surface area contributed by atoms with Crippen LogP contribution in [-0.4, -0.2) is 133 Å². The zero-order chi connectivity index (χ0) is 28.2. The number of rotatable bonds is 9. The molecule has 0 aromatic rings. The van der Waals surface area contributed by atoms with Crippen molar-refractivity contribution in [2.45, 2.75) is 95.2 Å². The van der Waals surface area contributed by atoms with E-state index in [9.17, 15) is 17.3 Å². The van der Waals surface area contributed by atoms with Crippen molar-refractivity contribution in [1.82, 2.24) is 28.7 Å². The van der Waals surface area contributed by atoms with Crippen LogP contribution in [0.15, 0.2) is 0 Å². The van der Waals surface area contributed by atoms with Crippen LogP contribution < -0.4 is 5.16 Å². The molecule has 0 aliphatic carbocycles. The minimum atomic E-state index is -6.00. The van der Waals surface area contributed by atoms with Gasteiger partial charge in [0.15, 0.2) is 0 Å². The van der Waals surface area contributed by atoms with Crippen LogP contribution in [0.3, 0.4) is 0 Å². The number of hydrogen-bond donors (Lipinski definition) is 1. The number of hydrogen-bond acceptors (Lipinski definition) is 3. The molecule has 0 amide bonds. The average molecular weight is 594 g/mol. The first kappa shape index (κ1) is 31.2. The molecular weight excluding hydrogens is 540 g/mol. The van der Waals surface area contributed by atoms with Gasteiger partial charge in [-0.2, -0.15) is 0 Å². The highest BCUT2D eigenvalue weighted by Gasteiger charge is 2.55. The van der Waals surface area contributed by atoms with E-state index in [1.807, 2.05) is 0 Å². The van der Waals surface area contributed by atoms with Gasteiger partial charge in [0.2, 0.25) is 0 Å². The second-order valence-corrected chi connectivity index (χ2v) is 15.8. The van der Waals surface area contributed by atoms with Gasteiger partial charge in [-0.3, -0.25) is 0 Å². The maximum absolute atomic E-state index is 9.75. The van der Waals surface area contributed by atoms with Crippen molar-refractivity contribution in [3.05, 3.63) is 0 Å². The van der Waals surface area contributed by atoms with E-state index >= 15 is 0 Å². The van der Waals surface area contributed by atoms with Crippen molar-refractivity contribution in [2.24, 2.45) is 0 Å². The third kappa shape index (κ3) is 7.83. The molecule has 3 atom stereocenters.